The van der Waals surface area contributed by atoms with Crippen LogP contribution in [0.1, 0.15) is 79.1 Å². The average Bonchev–Trinajstić information content (AvgIpc) is 3.19. The van der Waals surface area contributed by atoms with E-state index in [1.54, 1.807) is 0 Å². The van der Waals surface area contributed by atoms with Crippen LogP contribution in [-0.2, 0) is 9.47 Å². The smallest absolute Gasteiger partial charge is 0.171 e. The summed E-state index contributed by atoms with van der Waals surface area (Å²) < 4.78 is 13.2. The molecule has 6 aliphatic rings. The number of hydrogen-bond acceptors (Lipinski definition) is 6. The first-order valence-corrected chi connectivity index (χ1v) is 13.5. The fraction of sp³-hybridized carbons (Fsp3) is 1.00. The van der Waals surface area contributed by atoms with Crippen molar-refractivity contribution in [3.63, 3.8) is 0 Å². The average molecular weight is 465 g/mol. The highest BCUT2D eigenvalue weighted by Gasteiger charge is 2.72. The lowest BCUT2D eigenvalue weighted by molar-refractivity contribution is -0.286. The molecule has 0 bridgehead atoms. The van der Waals surface area contributed by atoms with Gasteiger partial charge in [0.2, 0.25) is 0 Å². The van der Waals surface area contributed by atoms with Crippen LogP contribution < -0.4 is 0 Å². The van der Waals surface area contributed by atoms with Crippen molar-refractivity contribution >= 4 is 0 Å². The van der Waals surface area contributed by atoms with Gasteiger partial charge in [0.05, 0.1) is 36.6 Å². The lowest BCUT2D eigenvalue weighted by atomic mass is 9.42. The third-order valence-corrected chi connectivity index (χ3v) is 12.2. The van der Waals surface area contributed by atoms with E-state index < -0.39 is 35.1 Å². The summed E-state index contributed by atoms with van der Waals surface area (Å²) in [6, 6.07) is 0. The minimum atomic E-state index is -1.34. The lowest BCUT2D eigenvalue weighted by Gasteiger charge is -2.66. The van der Waals surface area contributed by atoms with Crippen LogP contribution in [0, 0.1) is 46.3 Å². The maximum atomic E-state index is 11.7. The molecule has 4 saturated carbocycles. The van der Waals surface area contributed by atoms with Crippen LogP contribution in [0.2, 0.25) is 0 Å². The van der Waals surface area contributed by atoms with E-state index in [2.05, 4.69) is 27.7 Å². The van der Waals surface area contributed by atoms with Gasteiger partial charge < -0.3 is 29.9 Å². The van der Waals surface area contributed by atoms with Crippen LogP contribution in [0.15, 0.2) is 0 Å². The van der Waals surface area contributed by atoms with Gasteiger partial charge in [-0.2, -0.15) is 0 Å². The summed E-state index contributed by atoms with van der Waals surface area (Å²) in [5.41, 5.74) is -1.79. The summed E-state index contributed by atoms with van der Waals surface area (Å²) in [6.45, 7) is 9.90. The highest BCUT2D eigenvalue weighted by atomic mass is 16.7. The van der Waals surface area contributed by atoms with Gasteiger partial charge in [0.25, 0.3) is 0 Å². The molecule has 0 amide bonds. The first-order chi connectivity index (χ1) is 15.5. The highest BCUT2D eigenvalue weighted by Crippen LogP contribution is 2.71. The minimum Gasteiger partial charge on any atom is -0.390 e. The standard InChI is InChI=1S/C27H44O6/c1-14-5-8-27(32-13-14)15(2)23-21(33-27)10-18-16-9-22(30)26(31)12-20(29)19(28)11-25(26,4)17(16)6-7-24(18,23)3/h14-23,28-31H,5-13H2,1-4H3/t14-,15-,16+,17-,18+,19+,20+,21-,22+,23-,24-,25+,26-,27+/m0/s1. The van der Waals surface area contributed by atoms with E-state index in [1.807, 2.05) is 0 Å². The fourth-order valence-electron chi connectivity index (χ4n) is 10.3. The molecular formula is C27H44O6. The zero-order valence-corrected chi connectivity index (χ0v) is 20.7. The van der Waals surface area contributed by atoms with Gasteiger partial charge in [0.15, 0.2) is 5.79 Å². The van der Waals surface area contributed by atoms with Gasteiger partial charge in [-0.15, -0.1) is 0 Å². The van der Waals surface area contributed by atoms with Crippen LogP contribution in [0.3, 0.4) is 0 Å². The molecular weight excluding hydrogens is 420 g/mol. The van der Waals surface area contributed by atoms with Crippen molar-refractivity contribution in [3.8, 4) is 0 Å². The summed E-state index contributed by atoms with van der Waals surface area (Å²) >= 11 is 0. The van der Waals surface area contributed by atoms with Crippen LogP contribution in [-0.4, -0.2) is 62.8 Å². The molecule has 14 atom stereocenters. The Bertz CT molecular complexity index is 795. The third kappa shape index (κ3) is 2.83. The normalized spacial score (nSPS) is 64.7. The van der Waals surface area contributed by atoms with Crippen molar-refractivity contribution in [2.75, 3.05) is 6.61 Å². The van der Waals surface area contributed by atoms with Crippen molar-refractivity contribution in [3.05, 3.63) is 0 Å². The molecule has 0 aromatic heterocycles. The van der Waals surface area contributed by atoms with Gasteiger partial charge in [0.1, 0.15) is 0 Å². The summed E-state index contributed by atoms with van der Waals surface area (Å²) in [7, 11) is 0. The number of rotatable bonds is 0. The molecule has 188 valence electrons. The Hall–Kier alpha value is -0.240. The van der Waals surface area contributed by atoms with E-state index in [4.69, 9.17) is 9.47 Å². The molecule has 6 heteroatoms. The molecule has 2 aliphatic heterocycles. The Morgan fingerprint density at radius 2 is 1.61 bits per heavy atom. The van der Waals surface area contributed by atoms with E-state index >= 15 is 0 Å². The van der Waals surface area contributed by atoms with E-state index in [0.29, 0.717) is 42.4 Å². The topological polar surface area (TPSA) is 99.4 Å². The zero-order chi connectivity index (χ0) is 23.6. The number of fused-ring (bicyclic) bond motifs is 7. The fourth-order valence-corrected chi connectivity index (χ4v) is 10.3. The van der Waals surface area contributed by atoms with Crippen molar-refractivity contribution < 1.29 is 29.9 Å². The number of aliphatic hydroxyl groups excluding tert-OH is 3. The summed E-state index contributed by atoms with van der Waals surface area (Å²) in [4.78, 5) is 0. The monoisotopic (exact) mass is 464 g/mol. The van der Waals surface area contributed by atoms with Crippen LogP contribution in [0.4, 0.5) is 0 Å². The summed E-state index contributed by atoms with van der Waals surface area (Å²) in [6.07, 6.45) is 3.71. The third-order valence-electron chi connectivity index (χ3n) is 12.2. The predicted molar refractivity (Wildman–Crippen MR) is 122 cm³/mol. The van der Waals surface area contributed by atoms with Gasteiger partial charge in [-0.05, 0) is 73.5 Å². The van der Waals surface area contributed by atoms with E-state index in [0.717, 1.165) is 38.7 Å². The molecule has 2 saturated heterocycles. The number of hydrogen-bond donors (Lipinski definition) is 4. The molecule has 1 spiro atoms. The SMILES string of the molecule is C[C@H]1CC[C@@]2(OC1)O[C@H]1C[C@@H]3[C@@H]4C[C@@H](O)[C@@]5(O)C[C@@H](O)[C@H](O)C[C@]5(C)[C@H]4CC[C@]3(C)[C@H]1[C@@H]2C. The second-order valence-electron chi connectivity index (χ2n) is 13.5. The molecule has 2 heterocycles. The van der Waals surface area contributed by atoms with Gasteiger partial charge in [-0.1, -0.05) is 27.7 Å². The van der Waals surface area contributed by atoms with Crippen molar-refractivity contribution in [2.45, 2.75) is 115 Å². The lowest BCUT2D eigenvalue weighted by Crippen LogP contribution is -2.70. The Morgan fingerprint density at radius 3 is 2.30 bits per heavy atom. The molecule has 0 aromatic carbocycles. The molecule has 0 radical (unpaired) electrons. The maximum Gasteiger partial charge on any atom is 0.171 e. The summed E-state index contributed by atoms with van der Waals surface area (Å²) in [5.74, 6) is 1.97. The Kier molecular flexibility index (Phi) is 5.03. The van der Waals surface area contributed by atoms with Crippen molar-refractivity contribution in [2.24, 2.45) is 46.3 Å². The molecule has 6 nitrogen and oxygen atoms in total. The summed E-state index contributed by atoms with van der Waals surface area (Å²) in [5, 5.41) is 43.8. The van der Waals surface area contributed by atoms with Gasteiger partial charge in [0, 0.05) is 24.2 Å². The maximum absolute atomic E-state index is 11.7. The van der Waals surface area contributed by atoms with Gasteiger partial charge in [-0.3, -0.25) is 0 Å². The molecule has 4 N–H and O–H groups in total. The Morgan fingerprint density at radius 1 is 0.879 bits per heavy atom. The van der Waals surface area contributed by atoms with E-state index in [1.165, 1.54) is 0 Å². The number of aliphatic hydroxyl groups is 4. The van der Waals surface area contributed by atoms with Crippen LogP contribution in [0.25, 0.3) is 0 Å². The largest absolute Gasteiger partial charge is 0.390 e. The quantitative estimate of drug-likeness (QED) is 0.440. The van der Waals surface area contributed by atoms with Gasteiger partial charge in [-0.25, -0.2) is 0 Å². The molecule has 4 aliphatic carbocycles. The molecule has 6 rings (SSSR count). The Balaban J connectivity index is 1.30. The van der Waals surface area contributed by atoms with Crippen molar-refractivity contribution in [1.29, 1.82) is 0 Å². The Labute approximate surface area is 198 Å². The number of ether oxygens (including phenoxy) is 2. The van der Waals surface area contributed by atoms with Gasteiger partial charge >= 0.3 is 0 Å². The second-order valence-corrected chi connectivity index (χ2v) is 13.5. The first-order valence-electron chi connectivity index (χ1n) is 13.5. The second kappa shape index (κ2) is 7.17. The van der Waals surface area contributed by atoms with Crippen LogP contribution in [0.5, 0.6) is 0 Å². The molecule has 0 aromatic rings. The van der Waals surface area contributed by atoms with Crippen molar-refractivity contribution in [1.82, 2.24) is 0 Å². The van der Waals surface area contributed by atoms with Crippen LogP contribution >= 0.6 is 0 Å². The molecule has 0 unspecified atom stereocenters. The predicted octanol–water partition coefficient (Wildman–Crippen LogP) is 2.85. The van der Waals surface area contributed by atoms with E-state index in [-0.39, 0.29) is 23.9 Å². The molecule has 33 heavy (non-hydrogen) atoms. The highest BCUT2D eigenvalue weighted by molar-refractivity contribution is 5.20. The zero-order valence-electron chi connectivity index (χ0n) is 20.7. The van der Waals surface area contributed by atoms with E-state index in [9.17, 15) is 20.4 Å². The molecule has 6 fully saturated rings. The first kappa shape index (κ1) is 23.2. The minimum absolute atomic E-state index is 0.0562.